The van der Waals surface area contributed by atoms with E-state index in [9.17, 15) is 9.59 Å². The molecule has 0 bridgehead atoms. The second-order valence-electron chi connectivity index (χ2n) is 5.67. The minimum Gasteiger partial charge on any atom is -0.366 e. The number of fused-ring (bicyclic) bond motifs is 1. The van der Waals surface area contributed by atoms with Crippen molar-refractivity contribution in [3.05, 3.63) is 42.0 Å². The van der Waals surface area contributed by atoms with E-state index in [4.69, 9.17) is 4.74 Å². The maximum Gasteiger partial charge on any atom is 0.246 e. The van der Waals surface area contributed by atoms with Crippen LogP contribution in [0.25, 0.3) is 6.08 Å². The summed E-state index contributed by atoms with van der Waals surface area (Å²) in [6.45, 7) is 1.43. The van der Waals surface area contributed by atoms with Gasteiger partial charge in [-0.1, -0.05) is 30.3 Å². The Morgan fingerprint density at radius 3 is 2.82 bits per heavy atom. The maximum atomic E-state index is 12.3. The molecule has 22 heavy (non-hydrogen) atoms. The summed E-state index contributed by atoms with van der Waals surface area (Å²) >= 11 is 0. The van der Waals surface area contributed by atoms with E-state index in [-0.39, 0.29) is 30.6 Å². The number of nitrogens with one attached hydrogen (secondary N) is 1. The Kier molecular flexibility index (Phi) is 4.53. The van der Waals surface area contributed by atoms with Crippen molar-refractivity contribution in [1.29, 1.82) is 0 Å². The minimum atomic E-state index is -0.0648. The lowest BCUT2D eigenvalue weighted by Gasteiger charge is -2.30. The summed E-state index contributed by atoms with van der Waals surface area (Å²) in [4.78, 5) is 25.5. The number of hydrogen-bond donors (Lipinski definition) is 1. The number of rotatable bonds is 2. The smallest absolute Gasteiger partial charge is 0.246 e. The summed E-state index contributed by atoms with van der Waals surface area (Å²) in [7, 11) is 0. The molecule has 2 amide bonds. The molecule has 1 aromatic carbocycles. The molecule has 0 radical (unpaired) electrons. The summed E-state index contributed by atoms with van der Waals surface area (Å²) in [6.07, 6.45) is 4.97. The van der Waals surface area contributed by atoms with Crippen molar-refractivity contribution in [1.82, 2.24) is 10.2 Å². The number of hydrogen-bond acceptors (Lipinski definition) is 3. The van der Waals surface area contributed by atoms with Crippen molar-refractivity contribution < 1.29 is 14.3 Å². The SMILES string of the molecule is O=C1CO[C@H]2CCN(C(=O)/C=C/c3ccccc3)CC[C@@H]2N1. The Labute approximate surface area is 129 Å². The molecule has 0 saturated carbocycles. The number of ether oxygens (including phenoxy) is 1. The molecule has 2 aliphatic rings. The van der Waals surface area contributed by atoms with Gasteiger partial charge in [-0.05, 0) is 24.5 Å². The zero-order valence-corrected chi connectivity index (χ0v) is 12.4. The van der Waals surface area contributed by atoms with Crippen LogP contribution >= 0.6 is 0 Å². The molecule has 2 heterocycles. The first-order valence-electron chi connectivity index (χ1n) is 7.65. The first kappa shape index (κ1) is 14.8. The van der Waals surface area contributed by atoms with Crippen molar-refractivity contribution in [3.8, 4) is 0 Å². The number of amides is 2. The van der Waals surface area contributed by atoms with Gasteiger partial charge in [0, 0.05) is 19.2 Å². The standard InChI is InChI=1S/C17H20N2O3/c20-16-12-22-15-9-11-19(10-8-14(15)18-16)17(21)7-6-13-4-2-1-3-5-13/h1-7,14-15H,8-12H2,(H,18,20)/b7-6+/t14-,15-/m0/s1. The van der Waals surface area contributed by atoms with E-state index in [2.05, 4.69) is 5.32 Å². The van der Waals surface area contributed by atoms with Crippen molar-refractivity contribution in [2.24, 2.45) is 0 Å². The molecule has 0 aliphatic carbocycles. The highest BCUT2D eigenvalue weighted by atomic mass is 16.5. The van der Waals surface area contributed by atoms with Crippen LogP contribution in [0, 0.1) is 0 Å². The highest BCUT2D eigenvalue weighted by Gasteiger charge is 2.32. The lowest BCUT2D eigenvalue weighted by molar-refractivity contribution is -0.137. The van der Waals surface area contributed by atoms with Gasteiger partial charge in [-0.2, -0.15) is 0 Å². The van der Waals surface area contributed by atoms with Crippen LogP contribution in [-0.2, 0) is 14.3 Å². The third kappa shape index (κ3) is 3.54. The molecule has 5 nitrogen and oxygen atoms in total. The van der Waals surface area contributed by atoms with Gasteiger partial charge in [0.15, 0.2) is 0 Å². The average Bonchev–Trinajstić information content (AvgIpc) is 2.76. The van der Waals surface area contributed by atoms with Crippen LogP contribution in [-0.4, -0.2) is 48.6 Å². The van der Waals surface area contributed by atoms with E-state index in [0.717, 1.165) is 18.4 Å². The van der Waals surface area contributed by atoms with Gasteiger partial charge in [0.2, 0.25) is 11.8 Å². The molecule has 0 aromatic heterocycles. The molecule has 2 atom stereocenters. The van der Waals surface area contributed by atoms with Crippen LogP contribution < -0.4 is 5.32 Å². The summed E-state index contributed by atoms with van der Waals surface area (Å²) in [5.74, 6) is -0.0566. The lowest BCUT2D eigenvalue weighted by atomic mass is 10.0. The fourth-order valence-electron chi connectivity index (χ4n) is 2.93. The Balaban J connectivity index is 1.59. The molecule has 2 saturated heterocycles. The van der Waals surface area contributed by atoms with Gasteiger partial charge in [-0.25, -0.2) is 0 Å². The largest absolute Gasteiger partial charge is 0.366 e. The number of carbonyl (C=O) groups excluding carboxylic acids is 2. The Morgan fingerprint density at radius 2 is 2.00 bits per heavy atom. The number of benzene rings is 1. The molecular weight excluding hydrogens is 280 g/mol. The van der Waals surface area contributed by atoms with Crippen molar-refractivity contribution >= 4 is 17.9 Å². The monoisotopic (exact) mass is 300 g/mol. The molecule has 0 spiro atoms. The molecule has 0 unspecified atom stereocenters. The topological polar surface area (TPSA) is 58.6 Å². The van der Waals surface area contributed by atoms with Gasteiger partial charge < -0.3 is 15.0 Å². The summed E-state index contributed by atoms with van der Waals surface area (Å²) < 4.78 is 5.56. The summed E-state index contributed by atoms with van der Waals surface area (Å²) in [5, 5.41) is 2.96. The van der Waals surface area contributed by atoms with Crippen LogP contribution in [0.3, 0.4) is 0 Å². The third-order valence-electron chi connectivity index (χ3n) is 4.15. The van der Waals surface area contributed by atoms with Crippen LogP contribution in [0.5, 0.6) is 0 Å². The first-order valence-corrected chi connectivity index (χ1v) is 7.65. The second kappa shape index (κ2) is 6.75. The van der Waals surface area contributed by atoms with Gasteiger partial charge in [0.25, 0.3) is 0 Å². The molecule has 1 N–H and O–H groups in total. The van der Waals surface area contributed by atoms with E-state index >= 15 is 0 Å². The molecular formula is C17H20N2O3. The Hall–Kier alpha value is -2.14. The first-order chi connectivity index (χ1) is 10.7. The molecule has 116 valence electrons. The van der Waals surface area contributed by atoms with Crippen LogP contribution in [0.2, 0.25) is 0 Å². The number of carbonyl (C=O) groups is 2. The quantitative estimate of drug-likeness (QED) is 0.835. The number of morpholine rings is 1. The molecule has 5 heteroatoms. The minimum absolute atomic E-state index is 0.00817. The Morgan fingerprint density at radius 1 is 1.23 bits per heavy atom. The van der Waals surface area contributed by atoms with Crippen LogP contribution in [0.4, 0.5) is 0 Å². The van der Waals surface area contributed by atoms with E-state index in [1.165, 1.54) is 0 Å². The van der Waals surface area contributed by atoms with Gasteiger partial charge in [0.1, 0.15) is 6.61 Å². The highest BCUT2D eigenvalue weighted by molar-refractivity contribution is 5.91. The van der Waals surface area contributed by atoms with Crippen molar-refractivity contribution in [3.63, 3.8) is 0 Å². The molecule has 2 aliphatic heterocycles. The van der Waals surface area contributed by atoms with Crippen LogP contribution in [0.15, 0.2) is 36.4 Å². The number of likely N-dealkylation sites (tertiary alicyclic amines) is 1. The van der Waals surface area contributed by atoms with Crippen molar-refractivity contribution in [2.75, 3.05) is 19.7 Å². The maximum absolute atomic E-state index is 12.3. The lowest BCUT2D eigenvalue weighted by Crippen LogP contribution is -2.51. The Bertz CT molecular complexity index is 571. The zero-order valence-electron chi connectivity index (χ0n) is 12.4. The van der Waals surface area contributed by atoms with Gasteiger partial charge in [-0.15, -0.1) is 0 Å². The molecule has 3 rings (SSSR count). The van der Waals surface area contributed by atoms with Gasteiger partial charge in [-0.3, -0.25) is 9.59 Å². The summed E-state index contributed by atoms with van der Waals surface area (Å²) in [6, 6.07) is 9.79. The zero-order chi connectivity index (χ0) is 15.4. The second-order valence-corrected chi connectivity index (χ2v) is 5.67. The predicted molar refractivity (Wildman–Crippen MR) is 83.0 cm³/mol. The molecule has 2 fully saturated rings. The van der Waals surface area contributed by atoms with E-state index in [0.29, 0.717) is 13.1 Å². The van der Waals surface area contributed by atoms with E-state index < -0.39 is 0 Å². The average molecular weight is 300 g/mol. The van der Waals surface area contributed by atoms with E-state index in [1.807, 2.05) is 41.3 Å². The number of nitrogens with zero attached hydrogens (tertiary/aromatic N) is 1. The van der Waals surface area contributed by atoms with Gasteiger partial charge in [0.05, 0.1) is 12.1 Å². The highest BCUT2D eigenvalue weighted by Crippen LogP contribution is 2.18. The third-order valence-corrected chi connectivity index (χ3v) is 4.15. The summed E-state index contributed by atoms with van der Waals surface area (Å²) in [5.41, 5.74) is 1.01. The normalized spacial score (nSPS) is 25.5. The van der Waals surface area contributed by atoms with E-state index in [1.54, 1.807) is 6.08 Å². The van der Waals surface area contributed by atoms with Gasteiger partial charge >= 0.3 is 0 Å². The fraction of sp³-hybridized carbons (Fsp3) is 0.412. The predicted octanol–water partition coefficient (Wildman–Crippen LogP) is 1.21. The van der Waals surface area contributed by atoms with Crippen molar-refractivity contribution in [2.45, 2.75) is 25.0 Å². The van der Waals surface area contributed by atoms with Crippen LogP contribution in [0.1, 0.15) is 18.4 Å². The molecule has 1 aromatic rings. The fourth-order valence-corrected chi connectivity index (χ4v) is 2.93.